The first-order valence-electron chi connectivity index (χ1n) is 5.59. The normalized spacial score (nSPS) is 10.4. The van der Waals surface area contributed by atoms with Crippen molar-refractivity contribution in [3.63, 3.8) is 0 Å². The van der Waals surface area contributed by atoms with Gasteiger partial charge < -0.3 is 0 Å². The molecule has 82 valence electrons. The molecule has 0 aliphatic carbocycles. The summed E-state index contributed by atoms with van der Waals surface area (Å²) in [4.78, 5) is 8.88. The predicted octanol–water partition coefficient (Wildman–Crippen LogP) is 2.88. The van der Waals surface area contributed by atoms with Crippen LogP contribution in [-0.4, -0.2) is 9.97 Å². The van der Waals surface area contributed by atoms with Crippen molar-refractivity contribution in [1.82, 2.24) is 9.97 Å². The molecule has 0 aliphatic heterocycles. The Hall–Kier alpha value is -1.70. The molecular weight excluding hydrogens is 196 g/mol. The lowest BCUT2D eigenvalue weighted by molar-refractivity contribution is 0.863. The van der Waals surface area contributed by atoms with E-state index in [-0.39, 0.29) is 0 Å². The Morgan fingerprint density at radius 3 is 2.62 bits per heavy atom. The van der Waals surface area contributed by atoms with E-state index in [1.54, 1.807) is 0 Å². The first-order chi connectivity index (χ1) is 7.75. The first-order valence-corrected chi connectivity index (χ1v) is 5.59. The molecular formula is C14H16N2. The van der Waals surface area contributed by atoms with Gasteiger partial charge in [0.15, 0.2) is 0 Å². The van der Waals surface area contributed by atoms with E-state index >= 15 is 0 Å². The summed E-state index contributed by atoms with van der Waals surface area (Å²) in [7, 11) is 0. The Bertz CT molecular complexity index is 478. The molecule has 0 amide bonds. The van der Waals surface area contributed by atoms with Gasteiger partial charge in [-0.15, -0.1) is 0 Å². The van der Waals surface area contributed by atoms with Crippen LogP contribution in [0.5, 0.6) is 0 Å². The molecule has 16 heavy (non-hydrogen) atoms. The van der Waals surface area contributed by atoms with Crippen molar-refractivity contribution < 1.29 is 0 Å². The van der Waals surface area contributed by atoms with Gasteiger partial charge in [0.25, 0.3) is 0 Å². The fourth-order valence-electron chi connectivity index (χ4n) is 1.77. The summed E-state index contributed by atoms with van der Waals surface area (Å²) in [5, 5.41) is 0. The number of hydrogen-bond donors (Lipinski definition) is 0. The minimum absolute atomic E-state index is 0.958. The van der Waals surface area contributed by atoms with Crippen molar-refractivity contribution >= 4 is 0 Å². The third kappa shape index (κ3) is 2.66. The predicted molar refractivity (Wildman–Crippen MR) is 65.4 cm³/mol. The monoisotopic (exact) mass is 212 g/mol. The molecule has 2 aromatic heterocycles. The van der Waals surface area contributed by atoms with Crippen molar-refractivity contribution in [3.05, 3.63) is 59.2 Å². The van der Waals surface area contributed by atoms with E-state index in [0.29, 0.717) is 0 Å². The average molecular weight is 212 g/mol. The highest BCUT2D eigenvalue weighted by Gasteiger charge is 2.00. The van der Waals surface area contributed by atoms with Gasteiger partial charge in [-0.3, -0.25) is 9.97 Å². The lowest BCUT2D eigenvalue weighted by Crippen LogP contribution is -1.99. The van der Waals surface area contributed by atoms with Crippen LogP contribution >= 0.6 is 0 Å². The van der Waals surface area contributed by atoms with Crippen LogP contribution in [0.2, 0.25) is 0 Å². The third-order valence-electron chi connectivity index (χ3n) is 2.68. The van der Waals surface area contributed by atoms with Crippen molar-refractivity contribution in [2.75, 3.05) is 0 Å². The highest BCUT2D eigenvalue weighted by Crippen LogP contribution is 2.08. The molecule has 0 saturated carbocycles. The topological polar surface area (TPSA) is 25.8 Å². The zero-order chi connectivity index (χ0) is 11.4. The maximum Gasteiger partial charge on any atom is 0.0436 e. The van der Waals surface area contributed by atoms with E-state index in [1.807, 2.05) is 25.3 Å². The second-order valence-electron chi connectivity index (χ2n) is 4.04. The molecule has 0 unspecified atom stereocenters. The van der Waals surface area contributed by atoms with Gasteiger partial charge in [-0.05, 0) is 50.5 Å². The van der Waals surface area contributed by atoms with E-state index < -0.39 is 0 Å². The molecule has 0 radical (unpaired) electrons. The van der Waals surface area contributed by atoms with E-state index in [2.05, 4.69) is 35.1 Å². The maximum atomic E-state index is 4.49. The zero-order valence-electron chi connectivity index (χ0n) is 9.77. The summed E-state index contributed by atoms with van der Waals surface area (Å²) >= 11 is 0. The van der Waals surface area contributed by atoms with Crippen LogP contribution in [0.15, 0.2) is 36.5 Å². The number of rotatable bonds is 3. The largest absolute Gasteiger partial charge is 0.261 e. The molecule has 2 nitrogen and oxygen atoms in total. The van der Waals surface area contributed by atoms with Gasteiger partial charge in [0.1, 0.15) is 0 Å². The third-order valence-corrected chi connectivity index (χ3v) is 2.68. The molecule has 0 aromatic carbocycles. The van der Waals surface area contributed by atoms with E-state index in [4.69, 9.17) is 0 Å². The van der Waals surface area contributed by atoms with Crippen LogP contribution in [0, 0.1) is 13.8 Å². The van der Waals surface area contributed by atoms with Crippen molar-refractivity contribution in [2.45, 2.75) is 26.7 Å². The summed E-state index contributed by atoms with van der Waals surface area (Å²) in [5.74, 6) is 0. The molecule has 2 aromatic rings. The van der Waals surface area contributed by atoms with Crippen LogP contribution < -0.4 is 0 Å². The lowest BCUT2D eigenvalue weighted by Gasteiger charge is -2.04. The van der Waals surface area contributed by atoms with Gasteiger partial charge in [-0.2, -0.15) is 0 Å². The Morgan fingerprint density at radius 1 is 1.00 bits per heavy atom. The summed E-state index contributed by atoms with van der Waals surface area (Å²) in [6.45, 7) is 4.13. The van der Waals surface area contributed by atoms with Gasteiger partial charge >= 0.3 is 0 Å². The minimum atomic E-state index is 0.958. The Morgan fingerprint density at radius 2 is 1.88 bits per heavy atom. The smallest absolute Gasteiger partial charge is 0.0436 e. The molecule has 0 fully saturated rings. The van der Waals surface area contributed by atoms with Crippen LogP contribution in [0.25, 0.3) is 0 Å². The standard InChI is InChI=1S/C14H16N2/c1-11-5-4-10-15-14(11)9-8-13-7-3-6-12(2)16-13/h3-7,10H,8-9H2,1-2H3. The van der Waals surface area contributed by atoms with Gasteiger partial charge in [-0.1, -0.05) is 12.1 Å². The van der Waals surface area contributed by atoms with Crippen molar-refractivity contribution in [2.24, 2.45) is 0 Å². The highest BCUT2D eigenvalue weighted by atomic mass is 14.7. The lowest BCUT2D eigenvalue weighted by atomic mass is 10.1. The van der Waals surface area contributed by atoms with E-state index in [1.165, 1.54) is 11.3 Å². The maximum absolute atomic E-state index is 4.49. The molecule has 0 N–H and O–H groups in total. The Balaban J connectivity index is 2.05. The number of aromatic nitrogens is 2. The van der Waals surface area contributed by atoms with Crippen molar-refractivity contribution in [1.29, 1.82) is 0 Å². The molecule has 0 aliphatic rings. The number of aryl methyl sites for hydroxylation is 4. The molecule has 0 atom stereocenters. The second kappa shape index (κ2) is 4.88. The minimum Gasteiger partial charge on any atom is -0.261 e. The Kier molecular flexibility index (Phi) is 3.30. The molecule has 2 heteroatoms. The SMILES string of the molecule is Cc1cccc(CCc2ncccc2C)n1. The van der Waals surface area contributed by atoms with E-state index in [9.17, 15) is 0 Å². The van der Waals surface area contributed by atoms with Crippen LogP contribution in [0.1, 0.15) is 22.6 Å². The molecule has 0 bridgehead atoms. The summed E-state index contributed by atoms with van der Waals surface area (Å²) < 4.78 is 0. The van der Waals surface area contributed by atoms with Crippen LogP contribution in [-0.2, 0) is 12.8 Å². The van der Waals surface area contributed by atoms with Gasteiger partial charge in [-0.25, -0.2) is 0 Å². The molecule has 0 spiro atoms. The number of hydrogen-bond acceptors (Lipinski definition) is 2. The fraction of sp³-hybridized carbons (Fsp3) is 0.286. The van der Waals surface area contributed by atoms with Crippen LogP contribution in [0.3, 0.4) is 0 Å². The van der Waals surface area contributed by atoms with E-state index in [0.717, 1.165) is 24.2 Å². The molecule has 2 rings (SSSR count). The quantitative estimate of drug-likeness (QED) is 0.781. The zero-order valence-corrected chi connectivity index (χ0v) is 9.77. The second-order valence-corrected chi connectivity index (χ2v) is 4.04. The number of pyridine rings is 2. The van der Waals surface area contributed by atoms with Crippen molar-refractivity contribution in [3.8, 4) is 0 Å². The summed E-state index contributed by atoms with van der Waals surface area (Å²) in [6.07, 6.45) is 3.77. The fourth-order valence-corrected chi connectivity index (χ4v) is 1.77. The summed E-state index contributed by atoms with van der Waals surface area (Å²) in [6, 6.07) is 10.2. The van der Waals surface area contributed by atoms with Gasteiger partial charge in [0.05, 0.1) is 0 Å². The molecule has 0 saturated heterocycles. The van der Waals surface area contributed by atoms with Crippen LogP contribution in [0.4, 0.5) is 0 Å². The Labute approximate surface area is 96.4 Å². The van der Waals surface area contributed by atoms with Gasteiger partial charge in [0, 0.05) is 23.3 Å². The average Bonchev–Trinajstić information content (AvgIpc) is 2.28. The summed E-state index contributed by atoms with van der Waals surface area (Å²) in [5.41, 5.74) is 4.65. The highest BCUT2D eigenvalue weighted by molar-refractivity contribution is 5.19. The molecule has 2 heterocycles. The van der Waals surface area contributed by atoms with Gasteiger partial charge in [0.2, 0.25) is 0 Å². The number of nitrogens with zero attached hydrogens (tertiary/aromatic N) is 2. The first kappa shape index (κ1) is 10.8.